The van der Waals surface area contributed by atoms with Gasteiger partial charge in [-0.1, -0.05) is 36.4 Å². The van der Waals surface area contributed by atoms with Crippen LogP contribution >= 0.6 is 22.6 Å². The molecule has 0 aliphatic rings. The lowest BCUT2D eigenvalue weighted by atomic mass is 9.91. The molecule has 20 heavy (non-hydrogen) atoms. The number of rotatable bonds is 6. The zero-order chi connectivity index (χ0) is 14.4. The van der Waals surface area contributed by atoms with Crippen LogP contribution in [0.25, 0.3) is 0 Å². The maximum absolute atomic E-state index is 3.34. The van der Waals surface area contributed by atoms with Crippen LogP contribution in [0.4, 0.5) is 0 Å². The predicted molar refractivity (Wildman–Crippen MR) is 95.2 cm³/mol. The average molecular weight is 379 g/mol. The van der Waals surface area contributed by atoms with Gasteiger partial charge in [0.05, 0.1) is 0 Å². The molecular weight excluding hydrogens is 357 g/mol. The summed E-state index contributed by atoms with van der Waals surface area (Å²) in [5.74, 6) is 0.640. The van der Waals surface area contributed by atoms with E-state index in [0.29, 0.717) is 5.92 Å². The summed E-state index contributed by atoms with van der Waals surface area (Å²) in [5.41, 5.74) is 4.30. The third-order valence-electron chi connectivity index (χ3n) is 3.70. The first-order valence-electron chi connectivity index (χ1n) is 7.12. The van der Waals surface area contributed by atoms with Crippen molar-refractivity contribution >= 4 is 22.6 Å². The van der Waals surface area contributed by atoms with Crippen LogP contribution in [-0.2, 0) is 12.8 Å². The van der Waals surface area contributed by atoms with Crippen molar-refractivity contribution in [1.82, 2.24) is 5.32 Å². The van der Waals surface area contributed by atoms with Crippen molar-refractivity contribution < 1.29 is 0 Å². The largest absolute Gasteiger partial charge is 0.319 e. The molecule has 0 aliphatic carbocycles. The van der Waals surface area contributed by atoms with Gasteiger partial charge < -0.3 is 5.32 Å². The van der Waals surface area contributed by atoms with Crippen molar-refractivity contribution in [2.24, 2.45) is 5.92 Å². The van der Waals surface area contributed by atoms with E-state index in [-0.39, 0.29) is 0 Å². The topological polar surface area (TPSA) is 12.0 Å². The Bertz CT molecular complexity index is 533. The first kappa shape index (κ1) is 15.5. The van der Waals surface area contributed by atoms with E-state index in [1.807, 2.05) is 7.05 Å². The first-order chi connectivity index (χ1) is 9.69. The quantitative estimate of drug-likeness (QED) is 0.742. The predicted octanol–water partition coefficient (Wildman–Crippen LogP) is 4.22. The fraction of sp³-hybridized carbons (Fsp3) is 0.333. The van der Waals surface area contributed by atoms with Crippen molar-refractivity contribution in [2.75, 3.05) is 13.6 Å². The molecule has 2 heteroatoms. The average Bonchev–Trinajstić information content (AvgIpc) is 2.44. The van der Waals surface area contributed by atoms with E-state index in [9.17, 15) is 0 Å². The Morgan fingerprint density at radius 3 is 2.35 bits per heavy atom. The molecule has 2 rings (SSSR count). The number of hydrogen-bond donors (Lipinski definition) is 1. The lowest BCUT2D eigenvalue weighted by Crippen LogP contribution is -2.23. The maximum Gasteiger partial charge on any atom is 0.0130 e. The molecule has 0 saturated heterocycles. The van der Waals surface area contributed by atoms with Gasteiger partial charge in [0.25, 0.3) is 0 Å². The lowest BCUT2D eigenvalue weighted by molar-refractivity contribution is 0.492. The van der Waals surface area contributed by atoms with E-state index in [0.717, 1.165) is 19.4 Å². The van der Waals surface area contributed by atoms with E-state index in [2.05, 4.69) is 83.4 Å². The molecule has 0 bridgehead atoms. The molecule has 0 radical (unpaired) electrons. The van der Waals surface area contributed by atoms with Crippen LogP contribution in [0.2, 0.25) is 0 Å². The van der Waals surface area contributed by atoms with Gasteiger partial charge in [-0.3, -0.25) is 0 Å². The normalized spacial score (nSPS) is 12.3. The summed E-state index contributed by atoms with van der Waals surface area (Å²) in [5, 5.41) is 3.34. The summed E-state index contributed by atoms with van der Waals surface area (Å²) < 4.78 is 1.30. The molecule has 1 unspecified atom stereocenters. The van der Waals surface area contributed by atoms with Gasteiger partial charge in [0.15, 0.2) is 0 Å². The van der Waals surface area contributed by atoms with Crippen LogP contribution < -0.4 is 5.32 Å². The number of nitrogens with one attached hydrogen (secondary N) is 1. The molecule has 2 aromatic carbocycles. The summed E-state index contributed by atoms with van der Waals surface area (Å²) in [6.45, 7) is 3.26. The Labute approximate surface area is 135 Å². The van der Waals surface area contributed by atoms with Crippen LogP contribution in [0.5, 0.6) is 0 Å². The summed E-state index contributed by atoms with van der Waals surface area (Å²) in [4.78, 5) is 0. The van der Waals surface area contributed by atoms with Gasteiger partial charge >= 0.3 is 0 Å². The van der Waals surface area contributed by atoms with Crippen molar-refractivity contribution in [2.45, 2.75) is 19.8 Å². The second-order valence-electron chi connectivity index (χ2n) is 5.38. The van der Waals surface area contributed by atoms with Crippen molar-refractivity contribution in [3.8, 4) is 0 Å². The monoisotopic (exact) mass is 379 g/mol. The third-order valence-corrected chi connectivity index (χ3v) is 4.42. The second-order valence-corrected chi connectivity index (χ2v) is 6.63. The van der Waals surface area contributed by atoms with Gasteiger partial charge in [-0.25, -0.2) is 0 Å². The minimum absolute atomic E-state index is 0.640. The standard InChI is InChI=1S/C18H22IN/c1-14-5-3-4-6-17(14)12-16(13-20-2)11-15-7-9-18(19)10-8-15/h3-10,16,20H,11-13H2,1-2H3. The van der Waals surface area contributed by atoms with Crippen LogP contribution in [0.1, 0.15) is 16.7 Å². The lowest BCUT2D eigenvalue weighted by Gasteiger charge is -2.18. The highest BCUT2D eigenvalue weighted by molar-refractivity contribution is 14.1. The van der Waals surface area contributed by atoms with Gasteiger partial charge in [-0.15, -0.1) is 0 Å². The van der Waals surface area contributed by atoms with E-state index >= 15 is 0 Å². The van der Waals surface area contributed by atoms with E-state index < -0.39 is 0 Å². The molecule has 106 valence electrons. The first-order valence-corrected chi connectivity index (χ1v) is 8.20. The smallest absolute Gasteiger partial charge is 0.0130 e. The zero-order valence-electron chi connectivity index (χ0n) is 12.2. The fourth-order valence-electron chi connectivity index (χ4n) is 2.61. The molecular formula is C18H22IN. The maximum atomic E-state index is 3.34. The highest BCUT2D eigenvalue weighted by atomic mass is 127. The van der Waals surface area contributed by atoms with Crippen molar-refractivity contribution in [1.29, 1.82) is 0 Å². The summed E-state index contributed by atoms with van der Waals surface area (Å²) in [6.07, 6.45) is 2.27. The molecule has 0 saturated carbocycles. The van der Waals surface area contributed by atoms with Crippen LogP contribution in [0.3, 0.4) is 0 Å². The van der Waals surface area contributed by atoms with E-state index in [1.54, 1.807) is 0 Å². The number of aryl methyl sites for hydroxylation is 1. The molecule has 0 heterocycles. The number of hydrogen-bond acceptors (Lipinski definition) is 1. The van der Waals surface area contributed by atoms with Gasteiger partial charge in [0.2, 0.25) is 0 Å². The Balaban J connectivity index is 2.07. The summed E-state index contributed by atoms with van der Waals surface area (Å²) in [6, 6.07) is 17.6. The molecule has 2 aromatic rings. The minimum atomic E-state index is 0.640. The van der Waals surface area contributed by atoms with E-state index in [4.69, 9.17) is 0 Å². The number of benzene rings is 2. The Morgan fingerprint density at radius 2 is 1.70 bits per heavy atom. The molecule has 1 nitrogen and oxygen atoms in total. The second kappa shape index (κ2) is 7.79. The Hall–Kier alpha value is -0.870. The van der Waals surface area contributed by atoms with Gasteiger partial charge in [0, 0.05) is 3.57 Å². The molecule has 1 atom stereocenters. The van der Waals surface area contributed by atoms with Gasteiger partial charge in [-0.2, -0.15) is 0 Å². The molecule has 0 aromatic heterocycles. The van der Waals surface area contributed by atoms with Crippen LogP contribution in [-0.4, -0.2) is 13.6 Å². The SMILES string of the molecule is CNCC(Cc1ccc(I)cc1)Cc1ccccc1C. The van der Waals surface area contributed by atoms with Crippen LogP contribution in [0.15, 0.2) is 48.5 Å². The highest BCUT2D eigenvalue weighted by Crippen LogP contribution is 2.18. The fourth-order valence-corrected chi connectivity index (χ4v) is 2.97. The summed E-state index contributed by atoms with van der Waals surface area (Å²) >= 11 is 2.36. The van der Waals surface area contributed by atoms with Crippen molar-refractivity contribution in [3.63, 3.8) is 0 Å². The van der Waals surface area contributed by atoms with E-state index in [1.165, 1.54) is 20.3 Å². The molecule has 0 fully saturated rings. The number of halogens is 1. The molecule has 0 spiro atoms. The summed E-state index contributed by atoms with van der Waals surface area (Å²) in [7, 11) is 2.04. The Morgan fingerprint density at radius 1 is 1.00 bits per heavy atom. The molecule has 1 N–H and O–H groups in total. The Kier molecular flexibility index (Phi) is 6.05. The minimum Gasteiger partial charge on any atom is -0.319 e. The molecule has 0 aliphatic heterocycles. The van der Waals surface area contributed by atoms with Crippen molar-refractivity contribution in [3.05, 3.63) is 68.8 Å². The van der Waals surface area contributed by atoms with Crippen LogP contribution in [0, 0.1) is 16.4 Å². The highest BCUT2D eigenvalue weighted by Gasteiger charge is 2.11. The van der Waals surface area contributed by atoms with Gasteiger partial charge in [0.1, 0.15) is 0 Å². The van der Waals surface area contributed by atoms with Gasteiger partial charge in [-0.05, 0) is 90.7 Å². The third kappa shape index (κ3) is 4.60. The molecule has 0 amide bonds. The zero-order valence-corrected chi connectivity index (χ0v) is 14.4.